The van der Waals surface area contributed by atoms with Crippen molar-refractivity contribution in [2.45, 2.75) is 31.8 Å². The van der Waals surface area contributed by atoms with E-state index in [9.17, 15) is 15.2 Å². The number of carboxylic acid groups (broad SMARTS) is 1. The quantitative estimate of drug-likeness (QED) is 0.857. The van der Waals surface area contributed by atoms with E-state index in [0.717, 1.165) is 37.3 Å². The first-order valence-corrected chi connectivity index (χ1v) is 8.98. The van der Waals surface area contributed by atoms with E-state index in [-0.39, 0.29) is 5.82 Å². The minimum atomic E-state index is -1.05. The molecule has 2 aromatic rings. The van der Waals surface area contributed by atoms with Gasteiger partial charge in [0.15, 0.2) is 6.10 Å². The Bertz CT molecular complexity index is 958. The Kier molecular flexibility index (Phi) is 4.11. The van der Waals surface area contributed by atoms with Crippen LogP contribution in [0, 0.1) is 11.3 Å². The molecule has 3 aliphatic heterocycles. The lowest BCUT2D eigenvalue weighted by Gasteiger charge is -2.43. The van der Waals surface area contributed by atoms with Crippen LogP contribution in [0.5, 0.6) is 5.75 Å². The molecule has 5 rings (SSSR count). The number of nitrogens with two attached hydrogens (primary N) is 1. The lowest BCUT2D eigenvalue weighted by atomic mass is 9.82. The van der Waals surface area contributed by atoms with Gasteiger partial charge < -0.3 is 20.5 Å². The van der Waals surface area contributed by atoms with E-state index in [1.54, 1.807) is 12.1 Å². The Hall–Kier alpha value is -3.27. The summed E-state index contributed by atoms with van der Waals surface area (Å²) in [6, 6.07) is 9.37. The third-order valence-electron chi connectivity index (χ3n) is 5.34. The average molecular weight is 364 g/mol. The lowest BCUT2D eigenvalue weighted by Crippen LogP contribution is -2.40. The molecular weight excluding hydrogens is 344 g/mol. The fourth-order valence-corrected chi connectivity index (χ4v) is 3.99. The summed E-state index contributed by atoms with van der Waals surface area (Å²) in [6.07, 6.45) is 1.04. The Morgan fingerprint density at radius 2 is 2.11 bits per heavy atom. The van der Waals surface area contributed by atoms with Gasteiger partial charge in [-0.3, -0.25) is 0 Å². The normalized spacial score (nSPS) is 16.5. The van der Waals surface area contributed by atoms with Crippen LogP contribution in [0.1, 0.15) is 36.9 Å². The number of anilines is 2. The van der Waals surface area contributed by atoms with E-state index in [0.29, 0.717) is 28.4 Å². The van der Waals surface area contributed by atoms with Gasteiger partial charge >= 0.3 is 5.97 Å². The number of pyridine rings is 1. The van der Waals surface area contributed by atoms with E-state index in [2.05, 4.69) is 16.0 Å². The van der Waals surface area contributed by atoms with Gasteiger partial charge in [-0.15, -0.1) is 0 Å². The van der Waals surface area contributed by atoms with Gasteiger partial charge in [-0.1, -0.05) is 18.2 Å². The third kappa shape index (κ3) is 2.74. The molecule has 1 saturated heterocycles. The first-order valence-electron chi connectivity index (χ1n) is 8.98. The number of nitriles is 1. The molecule has 0 spiro atoms. The standard InChI is InChI=1S/C20H20N4O3/c1-11(20(25)26)27-15-5-3-2-4-13(15)16-14(10-21)19(22)23-17-12-6-8-24(9-7-12)18(16)17/h2-5,11-12H,6-9H2,1H3,(H2,22,23)(H,25,26)/t11-/m1/s1. The summed E-state index contributed by atoms with van der Waals surface area (Å²) in [5.74, 6) is -0.0883. The van der Waals surface area contributed by atoms with E-state index >= 15 is 0 Å². The minimum absolute atomic E-state index is 0.209. The van der Waals surface area contributed by atoms with Crippen LogP contribution in [0.2, 0.25) is 0 Å². The van der Waals surface area contributed by atoms with Crippen molar-refractivity contribution in [1.29, 1.82) is 5.26 Å². The summed E-state index contributed by atoms with van der Waals surface area (Å²) in [7, 11) is 0. The zero-order valence-electron chi connectivity index (χ0n) is 15.0. The highest BCUT2D eigenvalue weighted by Crippen LogP contribution is 2.50. The lowest BCUT2D eigenvalue weighted by molar-refractivity contribution is -0.144. The highest BCUT2D eigenvalue weighted by molar-refractivity contribution is 5.91. The van der Waals surface area contributed by atoms with Crippen molar-refractivity contribution in [2.24, 2.45) is 0 Å². The summed E-state index contributed by atoms with van der Waals surface area (Å²) in [5.41, 5.74) is 9.67. The summed E-state index contributed by atoms with van der Waals surface area (Å²) >= 11 is 0. The predicted octanol–water partition coefficient (Wildman–Crippen LogP) is 2.75. The van der Waals surface area contributed by atoms with Crippen LogP contribution >= 0.6 is 0 Å². The molecule has 27 heavy (non-hydrogen) atoms. The second-order valence-corrected chi connectivity index (χ2v) is 6.95. The van der Waals surface area contributed by atoms with Gasteiger partial charge in [0.1, 0.15) is 23.2 Å². The number of rotatable bonds is 4. The molecule has 138 valence electrons. The van der Waals surface area contributed by atoms with Crippen molar-refractivity contribution < 1.29 is 14.6 Å². The van der Waals surface area contributed by atoms with Gasteiger partial charge in [0.2, 0.25) is 0 Å². The number of hydrogen-bond acceptors (Lipinski definition) is 6. The number of carboxylic acids is 1. The van der Waals surface area contributed by atoms with Crippen molar-refractivity contribution >= 4 is 17.5 Å². The maximum atomic E-state index is 11.2. The third-order valence-corrected chi connectivity index (χ3v) is 5.34. The number of aliphatic carboxylic acids is 1. The molecule has 7 heteroatoms. The highest BCUT2D eigenvalue weighted by Gasteiger charge is 2.36. The van der Waals surface area contributed by atoms with Crippen molar-refractivity contribution in [2.75, 3.05) is 23.7 Å². The number of fused-ring (bicyclic) bond motifs is 2. The van der Waals surface area contributed by atoms with E-state index < -0.39 is 12.1 Å². The molecule has 0 unspecified atom stereocenters. The molecule has 0 aliphatic carbocycles. The first-order chi connectivity index (χ1) is 13.0. The minimum Gasteiger partial charge on any atom is -0.479 e. The number of hydrogen-bond donors (Lipinski definition) is 2. The first kappa shape index (κ1) is 17.2. The number of para-hydroxylation sites is 1. The Balaban J connectivity index is 1.96. The summed E-state index contributed by atoms with van der Waals surface area (Å²) in [5, 5.41) is 19.0. The predicted molar refractivity (Wildman–Crippen MR) is 101 cm³/mol. The van der Waals surface area contributed by atoms with Crippen LogP contribution in [0.25, 0.3) is 11.1 Å². The van der Waals surface area contributed by atoms with Gasteiger partial charge in [-0.05, 0) is 25.8 Å². The largest absolute Gasteiger partial charge is 0.479 e. The van der Waals surface area contributed by atoms with Crippen molar-refractivity contribution in [3.05, 3.63) is 35.5 Å². The molecule has 0 saturated carbocycles. The number of carbonyl (C=O) groups is 1. The molecule has 2 bridgehead atoms. The fraction of sp³-hybridized carbons (Fsp3) is 0.350. The molecule has 4 heterocycles. The summed E-state index contributed by atoms with van der Waals surface area (Å²) in [4.78, 5) is 18.0. The van der Waals surface area contributed by atoms with Crippen LogP contribution in [0.4, 0.5) is 11.5 Å². The van der Waals surface area contributed by atoms with Crippen molar-refractivity contribution in [3.63, 3.8) is 0 Å². The van der Waals surface area contributed by atoms with Crippen LogP contribution in [0.15, 0.2) is 24.3 Å². The second-order valence-electron chi connectivity index (χ2n) is 6.95. The second kappa shape index (κ2) is 6.47. The van der Waals surface area contributed by atoms with E-state index in [1.165, 1.54) is 6.92 Å². The molecule has 1 atom stereocenters. The SMILES string of the molecule is C[C@@H](Oc1ccccc1-c1c(C#N)c(N)nc2c1N1CCC2CC1)C(=O)O. The summed E-state index contributed by atoms with van der Waals surface area (Å²) < 4.78 is 5.68. The molecule has 3 N–H and O–H groups in total. The van der Waals surface area contributed by atoms with Gasteiger partial charge in [-0.25, -0.2) is 9.78 Å². The van der Waals surface area contributed by atoms with E-state index in [1.807, 2.05) is 12.1 Å². The van der Waals surface area contributed by atoms with Crippen LogP contribution in [0.3, 0.4) is 0 Å². The molecule has 7 nitrogen and oxygen atoms in total. The number of nitrogens with zero attached hydrogens (tertiary/aromatic N) is 3. The number of nitrogen functional groups attached to an aromatic ring is 1. The molecule has 1 aromatic heterocycles. The smallest absolute Gasteiger partial charge is 0.344 e. The molecule has 3 aliphatic rings. The van der Waals surface area contributed by atoms with Crippen molar-refractivity contribution in [3.8, 4) is 22.9 Å². The Morgan fingerprint density at radius 3 is 2.78 bits per heavy atom. The number of benzene rings is 1. The highest BCUT2D eigenvalue weighted by atomic mass is 16.5. The maximum absolute atomic E-state index is 11.2. The van der Waals surface area contributed by atoms with Gasteiger partial charge in [-0.2, -0.15) is 5.26 Å². The zero-order chi connectivity index (χ0) is 19.1. The molecular formula is C20H20N4O3. The maximum Gasteiger partial charge on any atom is 0.344 e. The molecule has 0 radical (unpaired) electrons. The Labute approximate surface area is 157 Å². The van der Waals surface area contributed by atoms with Gasteiger partial charge in [0.25, 0.3) is 0 Å². The fourth-order valence-electron chi connectivity index (χ4n) is 3.99. The van der Waals surface area contributed by atoms with Crippen LogP contribution in [-0.2, 0) is 4.79 Å². The van der Waals surface area contributed by atoms with Crippen molar-refractivity contribution in [1.82, 2.24) is 4.98 Å². The summed E-state index contributed by atoms with van der Waals surface area (Å²) in [6.45, 7) is 3.30. The molecule has 1 fully saturated rings. The van der Waals surface area contributed by atoms with E-state index in [4.69, 9.17) is 10.5 Å². The Morgan fingerprint density at radius 1 is 1.41 bits per heavy atom. The average Bonchev–Trinajstić information content (AvgIpc) is 2.68. The molecule has 1 aromatic carbocycles. The molecule has 0 amide bonds. The zero-order valence-corrected chi connectivity index (χ0v) is 15.0. The number of piperidine rings is 1. The van der Waals surface area contributed by atoms with Crippen LogP contribution < -0.4 is 15.4 Å². The number of ether oxygens (including phenoxy) is 1. The monoisotopic (exact) mass is 364 g/mol. The van der Waals surface area contributed by atoms with Gasteiger partial charge in [0, 0.05) is 30.1 Å². The van der Waals surface area contributed by atoms with Gasteiger partial charge in [0.05, 0.1) is 11.4 Å². The topological polar surface area (TPSA) is 112 Å². The number of aromatic nitrogens is 1. The van der Waals surface area contributed by atoms with Crippen LogP contribution in [-0.4, -0.2) is 35.3 Å².